The molecule has 1 heterocycles. The Hall–Kier alpha value is -1.26. The second-order valence-electron chi connectivity index (χ2n) is 4.95. The molecule has 2 N–H and O–H groups in total. The van der Waals surface area contributed by atoms with Crippen LogP contribution in [-0.4, -0.2) is 32.1 Å². The van der Waals surface area contributed by atoms with Gasteiger partial charge in [0.25, 0.3) is 0 Å². The van der Waals surface area contributed by atoms with Crippen LogP contribution in [0.2, 0.25) is 0 Å². The molecule has 2 rings (SSSR count). The number of amides is 1. The molecule has 5 heteroatoms. The van der Waals surface area contributed by atoms with Crippen molar-refractivity contribution in [3.05, 3.63) is 29.8 Å². The summed E-state index contributed by atoms with van der Waals surface area (Å²) in [5, 5.41) is 6.31. The maximum absolute atomic E-state index is 11.7. The number of hydrogen-bond donors (Lipinski definition) is 2. The molecule has 1 aromatic rings. The second kappa shape index (κ2) is 8.82. The molecule has 1 aliphatic rings. The summed E-state index contributed by atoms with van der Waals surface area (Å²) in [6.07, 6.45) is 3.76. The van der Waals surface area contributed by atoms with Crippen LogP contribution in [0.4, 0.5) is 0 Å². The molecular formula is C15H23ClN2O2. The smallest absolute Gasteiger partial charge is 0.221 e. The molecule has 1 atom stereocenters. The largest absolute Gasteiger partial charge is 0.497 e. The normalized spacial score (nSPS) is 17.4. The summed E-state index contributed by atoms with van der Waals surface area (Å²) in [7, 11) is 1.66. The van der Waals surface area contributed by atoms with E-state index in [4.69, 9.17) is 4.74 Å². The molecule has 1 unspecified atom stereocenters. The number of hydrogen-bond acceptors (Lipinski definition) is 3. The van der Waals surface area contributed by atoms with Crippen LogP contribution < -0.4 is 15.4 Å². The first-order chi connectivity index (χ1) is 9.28. The van der Waals surface area contributed by atoms with Gasteiger partial charge in [0, 0.05) is 19.0 Å². The molecular weight excluding hydrogens is 276 g/mol. The Bertz CT molecular complexity index is 403. The lowest BCUT2D eigenvalue weighted by Crippen LogP contribution is -2.32. The average Bonchev–Trinajstić information content (AvgIpc) is 2.92. The lowest BCUT2D eigenvalue weighted by Gasteiger charge is -2.10. The molecule has 0 saturated carbocycles. The fourth-order valence-electron chi connectivity index (χ4n) is 2.37. The lowest BCUT2D eigenvalue weighted by molar-refractivity contribution is -0.121. The first kappa shape index (κ1) is 16.8. The summed E-state index contributed by atoms with van der Waals surface area (Å²) in [6, 6.07) is 8.33. The number of ether oxygens (including phenoxy) is 1. The predicted octanol–water partition coefficient (Wildman–Crippen LogP) is 1.92. The van der Waals surface area contributed by atoms with E-state index in [0.29, 0.717) is 19.0 Å². The van der Waals surface area contributed by atoms with Gasteiger partial charge in [0.1, 0.15) is 5.75 Å². The van der Waals surface area contributed by atoms with Crippen LogP contribution in [0.5, 0.6) is 5.75 Å². The van der Waals surface area contributed by atoms with E-state index in [1.807, 2.05) is 24.3 Å². The Balaban J connectivity index is 0.00000200. The van der Waals surface area contributed by atoms with Gasteiger partial charge in [-0.15, -0.1) is 12.4 Å². The third kappa shape index (κ3) is 5.39. The quantitative estimate of drug-likeness (QED) is 0.843. The minimum atomic E-state index is 0. The van der Waals surface area contributed by atoms with E-state index in [1.54, 1.807) is 7.11 Å². The van der Waals surface area contributed by atoms with Crippen LogP contribution in [0.25, 0.3) is 0 Å². The van der Waals surface area contributed by atoms with Crippen molar-refractivity contribution >= 4 is 18.3 Å². The van der Waals surface area contributed by atoms with Crippen LogP contribution in [0.15, 0.2) is 24.3 Å². The van der Waals surface area contributed by atoms with Crippen molar-refractivity contribution in [3.8, 4) is 5.75 Å². The zero-order valence-electron chi connectivity index (χ0n) is 11.9. The molecule has 0 spiro atoms. The van der Waals surface area contributed by atoms with Gasteiger partial charge in [-0.2, -0.15) is 0 Å². The van der Waals surface area contributed by atoms with Crippen LogP contribution >= 0.6 is 12.4 Å². The van der Waals surface area contributed by atoms with Gasteiger partial charge in [0.15, 0.2) is 0 Å². The van der Waals surface area contributed by atoms with Gasteiger partial charge >= 0.3 is 0 Å². The maximum Gasteiger partial charge on any atom is 0.221 e. The minimum Gasteiger partial charge on any atom is -0.497 e. The highest BCUT2D eigenvalue weighted by Gasteiger charge is 2.16. The molecule has 1 aromatic carbocycles. The molecule has 1 aliphatic heterocycles. The molecule has 1 amide bonds. The van der Waals surface area contributed by atoms with E-state index in [0.717, 1.165) is 25.1 Å². The average molecular weight is 299 g/mol. The first-order valence-electron chi connectivity index (χ1n) is 6.91. The summed E-state index contributed by atoms with van der Waals surface area (Å²) >= 11 is 0. The zero-order valence-corrected chi connectivity index (χ0v) is 12.7. The van der Waals surface area contributed by atoms with Gasteiger partial charge in [-0.05, 0) is 43.5 Å². The monoisotopic (exact) mass is 298 g/mol. The van der Waals surface area contributed by atoms with Crippen molar-refractivity contribution in [2.24, 2.45) is 0 Å². The molecule has 112 valence electrons. The van der Waals surface area contributed by atoms with Crippen molar-refractivity contribution in [1.82, 2.24) is 10.6 Å². The zero-order chi connectivity index (χ0) is 13.5. The van der Waals surface area contributed by atoms with E-state index in [2.05, 4.69) is 10.6 Å². The SMILES string of the molecule is COc1ccc(CCNC(=O)CC2CCCN2)cc1.Cl. The van der Waals surface area contributed by atoms with Crippen LogP contribution in [0.3, 0.4) is 0 Å². The molecule has 1 saturated heterocycles. The first-order valence-corrected chi connectivity index (χ1v) is 6.91. The minimum absolute atomic E-state index is 0. The molecule has 0 aromatic heterocycles. The van der Waals surface area contributed by atoms with Gasteiger partial charge < -0.3 is 15.4 Å². The highest BCUT2D eigenvalue weighted by atomic mass is 35.5. The van der Waals surface area contributed by atoms with E-state index in [9.17, 15) is 4.79 Å². The number of methoxy groups -OCH3 is 1. The summed E-state index contributed by atoms with van der Waals surface area (Å²) < 4.78 is 5.11. The molecule has 4 nitrogen and oxygen atoms in total. The Morgan fingerprint density at radius 1 is 1.40 bits per heavy atom. The molecule has 0 radical (unpaired) electrons. The van der Waals surface area contributed by atoms with E-state index in [1.165, 1.54) is 12.0 Å². The van der Waals surface area contributed by atoms with E-state index in [-0.39, 0.29) is 18.3 Å². The summed E-state index contributed by atoms with van der Waals surface area (Å²) in [5.74, 6) is 1.01. The fraction of sp³-hybridized carbons (Fsp3) is 0.533. The van der Waals surface area contributed by atoms with Crippen LogP contribution in [0, 0.1) is 0 Å². The summed E-state index contributed by atoms with van der Waals surface area (Å²) in [4.78, 5) is 11.7. The number of nitrogens with one attached hydrogen (secondary N) is 2. The Labute approximate surface area is 126 Å². The Morgan fingerprint density at radius 2 is 2.15 bits per heavy atom. The second-order valence-corrected chi connectivity index (χ2v) is 4.95. The number of carbonyl (C=O) groups excluding carboxylic acids is 1. The van der Waals surface area contributed by atoms with Gasteiger partial charge in [-0.25, -0.2) is 0 Å². The number of benzene rings is 1. The lowest BCUT2D eigenvalue weighted by atomic mass is 10.1. The molecule has 1 fully saturated rings. The van der Waals surface area contributed by atoms with Crippen molar-refractivity contribution in [2.75, 3.05) is 20.2 Å². The van der Waals surface area contributed by atoms with Crippen molar-refractivity contribution in [2.45, 2.75) is 31.7 Å². The van der Waals surface area contributed by atoms with Crippen molar-refractivity contribution < 1.29 is 9.53 Å². The third-order valence-electron chi connectivity index (χ3n) is 3.49. The Morgan fingerprint density at radius 3 is 2.75 bits per heavy atom. The number of rotatable bonds is 6. The van der Waals surface area contributed by atoms with Crippen molar-refractivity contribution in [3.63, 3.8) is 0 Å². The van der Waals surface area contributed by atoms with Crippen molar-refractivity contribution in [1.29, 1.82) is 0 Å². The van der Waals surface area contributed by atoms with Gasteiger partial charge in [-0.1, -0.05) is 12.1 Å². The highest BCUT2D eigenvalue weighted by molar-refractivity contribution is 5.85. The molecule has 0 bridgehead atoms. The van der Waals surface area contributed by atoms with E-state index < -0.39 is 0 Å². The predicted molar refractivity (Wildman–Crippen MR) is 82.6 cm³/mol. The molecule has 0 aliphatic carbocycles. The van der Waals surface area contributed by atoms with Gasteiger partial charge in [0.05, 0.1) is 7.11 Å². The number of halogens is 1. The fourth-order valence-corrected chi connectivity index (χ4v) is 2.37. The summed E-state index contributed by atoms with van der Waals surface area (Å²) in [6.45, 7) is 1.74. The maximum atomic E-state index is 11.7. The van der Waals surface area contributed by atoms with E-state index >= 15 is 0 Å². The number of carbonyl (C=O) groups is 1. The Kier molecular flexibility index (Phi) is 7.41. The third-order valence-corrected chi connectivity index (χ3v) is 3.49. The van der Waals surface area contributed by atoms with Crippen LogP contribution in [-0.2, 0) is 11.2 Å². The topological polar surface area (TPSA) is 50.4 Å². The molecule has 20 heavy (non-hydrogen) atoms. The van der Waals surface area contributed by atoms with Gasteiger partial charge in [0.2, 0.25) is 5.91 Å². The summed E-state index contributed by atoms with van der Waals surface area (Å²) in [5.41, 5.74) is 1.21. The van der Waals surface area contributed by atoms with Crippen LogP contribution in [0.1, 0.15) is 24.8 Å². The highest BCUT2D eigenvalue weighted by Crippen LogP contribution is 2.11. The standard InChI is InChI=1S/C15H22N2O2.ClH/c1-19-14-6-4-12(5-7-14)8-10-17-15(18)11-13-3-2-9-16-13;/h4-7,13,16H,2-3,8-11H2,1H3,(H,17,18);1H. The van der Waals surface area contributed by atoms with Gasteiger partial charge in [-0.3, -0.25) is 4.79 Å².